The van der Waals surface area contributed by atoms with Crippen LogP contribution in [0.4, 0.5) is 4.79 Å². The SMILES string of the molecule is CN(C)C(=O)N1C[C@@H]2CN(Cc3cncs3)C[C@]2(C(=O)O)C1. The highest BCUT2D eigenvalue weighted by Gasteiger charge is 2.58. The third-order valence-electron chi connectivity index (χ3n) is 4.62. The summed E-state index contributed by atoms with van der Waals surface area (Å²) in [5.74, 6) is -0.805. The van der Waals surface area contributed by atoms with Gasteiger partial charge < -0.3 is 14.9 Å². The Hall–Kier alpha value is -1.67. The highest BCUT2D eigenvalue weighted by atomic mass is 32.1. The molecule has 0 aliphatic carbocycles. The maximum Gasteiger partial charge on any atom is 0.319 e. The highest BCUT2D eigenvalue weighted by molar-refractivity contribution is 7.09. The first-order valence-electron chi connectivity index (χ1n) is 7.22. The Bertz CT molecular complexity index is 577. The average molecular weight is 324 g/mol. The van der Waals surface area contributed by atoms with Gasteiger partial charge in [-0.15, -0.1) is 11.3 Å². The second kappa shape index (κ2) is 5.51. The van der Waals surface area contributed by atoms with Crippen LogP contribution in [0.2, 0.25) is 0 Å². The number of carboxylic acids is 1. The fourth-order valence-electron chi connectivity index (χ4n) is 3.56. The molecule has 22 heavy (non-hydrogen) atoms. The van der Waals surface area contributed by atoms with E-state index in [0.717, 1.165) is 11.4 Å². The van der Waals surface area contributed by atoms with Crippen LogP contribution in [0.3, 0.4) is 0 Å². The zero-order chi connectivity index (χ0) is 15.9. The third kappa shape index (κ3) is 2.46. The molecule has 2 saturated heterocycles. The maximum atomic E-state index is 12.1. The number of urea groups is 1. The number of amides is 2. The lowest BCUT2D eigenvalue weighted by atomic mass is 9.81. The second-order valence-electron chi connectivity index (χ2n) is 6.35. The van der Waals surface area contributed by atoms with Crippen LogP contribution in [-0.2, 0) is 11.3 Å². The normalized spacial score (nSPS) is 27.9. The average Bonchev–Trinajstić information content (AvgIpc) is 3.12. The molecule has 1 aromatic heterocycles. The van der Waals surface area contributed by atoms with Crippen molar-refractivity contribution in [2.24, 2.45) is 11.3 Å². The van der Waals surface area contributed by atoms with Gasteiger partial charge in [-0.25, -0.2) is 4.79 Å². The van der Waals surface area contributed by atoms with Crippen LogP contribution in [0.15, 0.2) is 11.7 Å². The number of fused-ring (bicyclic) bond motifs is 1. The maximum absolute atomic E-state index is 12.1. The van der Waals surface area contributed by atoms with Crippen LogP contribution >= 0.6 is 11.3 Å². The number of hydrogen-bond donors (Lipinski definition) is 1. The van der Waals surface area contributed by atoms with Crippen LogP contribution in [-0.4, -0.2) is 77.1 Å². The van der Waals surface area contributed by atoms with Gasteiger partial charge in [0.2, 0.25) is 0 Å². The lowest BCUT2D eigenvalue weighted by Crippen LogP contribution is -2.44. The number of aliphatic carboxylic acids is 1. The zero-order valence-corrected chi connectivity index (χ0v) is 13.5. The van der Waals surface area contributed by atoms with Gasteiger partial charge in [0, 0.05) is 63.8 Å². The Balaban J connectivity index is 1.74. The summed E-state index contributed by atoms with van der Waals surface area (Å²) >= 11 is 1.58. The van der Waals surface area contributed by atoms with Crippen molar-refractivity contribution >= 4 is 23.3 Å². The predicted octanol–water partition coefficient (Wildman–Crippen LogP) is 0.643. The summed E-state index contributed by atoms with van der Waals surface area (Å²) in [7, 11) is 3.39. The van der Waals surface area contributed by atoms with E-state index in [1.165, 1.54) is 4.90 Å². The van der Waals surface area contributed by atoms with Gasteiger partial charge in [0.05, 0.1) is 5.51 Å². The molecule has 2 aliphatic heterocycles. The first-order valence-corrected chi connectivity index (χ1v) is 8.10. The largest absolute Gasteiger partial charge is 0.481 e. The van der Waals surface area contributed by atoms with Gasteiger partial charge in [-0.2, -0.15) is 0 Å². The van der Waals surface area contributed by atoms with Gasteiger partial charge >= 0.3 is 12.0 Å². The first-order chi connectivity index (χ1) is 10.4. The molecule has 0 aromatic carbocycles. The Morgan fingerprint density at radius 3 is 2.77 bits per heavy atom. The summed E-state index contributed by atoms with van der Waals surface area (Å²) in [4.78, 5) is 34.6. The molecule has 0 radical (unpaired) electrons. The third-order valence-corrected chi connectivity index (χ3v) is 5.39. The van der Waals surface area contributed by atoms with E-state index in [4.69, 9.17) is 0 Å². The summed E-state index contributed by atoms with van der Waals surface area (Å²) in [5, 5.41) is 9.77. The number of hydrogen-bond acceptors (Lipinski definition) is 5. The van der Waals surface area contributed by atoms with Gasteiger partial charge in [-0.3, -0.25) is 14.7 Å². The van der Waals surface area contributed by atoms with Gasteiger partial charge in [0.15, 0.2) is 0 Å². The van der Waals surface area contributed by atoms with Gasteiger partial charge in [0.1, 0.15) is 5.41 Å². The molecule has 2 aliphatic rings. The molecular formula is C14H20N4O3S. The molecule has 8 heteroatoms. The zero-order valence-electron chi connectivity index (χ0n) is 12.7. The van der Waals surface area contributed by atoms with E-state index in [1.807, 2.05) is 6.20 Å². The Morgan fingerprint density at radius 1 is 1.45 bits per heavy atom. The number of carbonyl (C=O) groups is 2. The van der Waals surface area contributed by atoms with Crippen LogP contribution in [0.1, 0.15) is 4.88 Å². The minimum absolute atomic E-state index is 0.0122. The standard InChI is InChI=1S/C14H20N4O3S/c1-16(2)13(21)18-5-10-4-17(6-11-3-15-9-22-11)7-14(10,8-18)12(19)20/h3,9-10H,4-8H2,1-2H3,(H,19,20)/t10-,14-/m0/s1. The molecule has 2 fully saturated rings. The molecule has 0 saturated carbocycles. The number of rotatable bonds is 3. The molecular weight excluding hydrogens is 304 g/mol. The summed E-state index contributed by atoms with van der Waals surface area (Å²) in [5.41, 5.74) is 0.951. The molecule has 2 amide bonds. The fourth-order valence-corrected chi connectivity index (χ4v) is 4.20. The lowest BCUT2D eigenvalue weighted by Gasteiger charge is -2.26. The molecule has 0 bridgehead atoms. The molecule has 1 aromatic rings. The van der Waals surface area contributed by atoms with Gasteiger partial charge in [-0.05, 0) is 0 Å². The molecule has 3 heterocycles. The number of thiazole rings is 1. The van der Waals surface area contributed by atoms with Gasteiger partial charge in [-0.1, -0.05) is 0 Å². The molecule has 1 N–H and O–H groups in total. The predicted molar refractivity (Wildman–Crippen MR) is 81.6 cm³/mol. The Labute approximate surface area is 133 Å². The van der Waals surface area contributed by atoms with Crippen LogP contribution in [0, 0.1) is 11.3 Å². The van der Waals surface area contributed by atoms with Crippen molar-refractivity contribution in [2.75, 3.05) is 40.3 Å². The monoisotopic (exact) mass is 324 g/mol. The van der Waals surface area contributed by atoms with E-state index in [2.05, 4.69) is 9.88 Å². The first kappa shape index (κ1) is 15.2. The highest BCUT2D eigenvalue weighted by Crippen LogP contribution is 2.43. The van der Waals surface area contributed by atoms with Crippen molar-refractivity contribution in [3.05, 3.63) is 16.6 Å². The number of likely N-dealkylation sites (tertiary alicyclic amines) is 2. The minimum atomic E-state index is -0.837. The minimum Gasteiger partial charge on any atom is -0.481 e. The summed E-state index contributed by atoms with van der Waals surface area (Å²) in [6.07, 6.45) is 1.83. The molecule has 7 nitrogen and oxygen atoms in total. The quantitative estimate of drug-likeness (QED) is 0.883. The Kier molecular flexibility index (Phi) is 3.82. The molecule has 120 valence electrons. The second-order valence-corrected chi connectivity index (χ2v) is 7.32. The number of aromatic nitrogens is 1. The number of carbonyl (C=O) groups excluding carboxylic acids is 1. The van der Waals surface area contributed by atoms with E-state index < -0.39 is 11.4 Å². The molecule has 3 rings (SSSR count). The van der Waals surface area contributed by atoms with Crippen LogP contribution < -0.4 is 0 Å². The number of carboxylic acid groups (broad SMARTS) is 1. The van der Waals surface area contributed by atoms with Gasteiger partial charge in [0.25, 0.3) is 0 Å². The van der Waals surface area contributed by atoms with Crippen molar-refractivity contribution in [3.8, 4) is 0 Å². The van der Waals surface area contributed by atoms with Crippen molar-refractivity contribution in [1.29, 1.82) is 0 Å². The summed E-state index contributed by atoms with van der Waals surface area (Å²) < 4.78 is 0. The summed E-state index contributed by atoms with van der Waals surface area (Å²) in [6.45, 7) is 2.74. The van der Waals surface area contributed by atoms with E-state index >= 15 is 0 Å². The Morgan fingerprint density at radius 2 is 2.23 bits per heavy atom. The smallest absolute Gasteiger partial charge is 0.319 e. The number of nitrogens with zero attached hydrogens (tertiary/aromatic N) is 4. The van der Waals surface area contributed by atoms with E-state index in [-0.39, 0.29) is 11.9 Å². The van der Waals surface area contributed by atoms with E-state index in [1.54, 1.807) is 35.8 Å². The van der Waals surface area contributed by atoms with Crippen molar-refractivity contribution < 1.29 is 14.7 Å². The van der Waals surface area contributed by atoms with Crippen molar-refractivity contribution in [3.63, 3.8) is 0 Å². The van der Waals surface area contributed by atoms with Crippen molar-refractivity contribution in [2.45, 2.75) is 6.54 Å². The van der Waals surface area contributed by atoms with Crippen LogP contribution in [0.25, 0.3) is 0 Å². The topological polar surface area (TPSA) is 77.0 Å². The molecule has 2 atom stereocenters. The summed E-state index contributed by atoms with van der Waals surface area (Å²) in [6, 6.07) is -0.107. The lowest BCUT2D eigenvalue weighted by molar-refractivity contribution is -0.148. The molecule has 0 unspecified atom stereocenters. The molecule has 0 spiro atoms. The van der Waals surface area contributed by atoms with E-state index in [0.29, 0.717) is 26.2 Å². The van der Waals surface area contributed by atoms with Crippen LogP contribution in [0.5, 0.6) is 0 Å². The van der Waals surface area contributed by atoms with Crippen molar-refractivity contribution in [1.82, 2.24) is 19.7 Å². The van der Waals surface area contributed by atoms with E-state index in [9.17, 15) is 14.7 Å². The fraction of sp³-hybridized carbons (Fsp3) is 0.643.